The summed E-state index contributed by atoms with van der Waals surface area (Å²) in [5, 5.41) is 13.3. The molecule has 0 fully saturated rings. The number of ketones is 1. The zero-order valence-corrected chi connectivity index (χ0v) is 22.7. The number of aromatic nitrogens is 2. The zero-order chi connectivity index (χ0) is 26.8. The first-order valence-corrected chi connectivity index (χ1v) is 13.6. The molecule has 0 saturated heterocycles. The number of para-hydroxylation sites is 1. The topological polar surface area (TPSA) is 92.9 Å². The molecule has 0 radical (unpaired) electrons. The lowest BCUT2D eigenvalue weighted by molar-refractivity contribution is -0.122. The van der Waals surface area contributed by atoms with E-state index in [1.54, 1.807) is 24.4 Å². The van der Waals surface area contributed by atoms with Crippen molar-refractivity contribution in [2.75, 3.05) is 6.61 Å². The van der Waals surface area contributed by atoms with Crippen LogP contribution in [0, 0.1) is 18.3 Å². The van der Waals surface area contributed by atoms with Gasteiger partial charge in [0.2, 0.25) is 0 Å². The Hall–Kier alpha value is -3.57. The van der Waals surface area contributed by atoms with Gasteiger partial charge in [-0.2, -0.15) is 5.26 Å². The Morgan fingerprint density at radius 3 is 2.71 bits per heavy atom. The SMILES string of the molecule is Cc1csc([C@H](C#N)C(=O)COC(=O)c2c3c(nc4ccccc24)/C(=C\c2ccc(Cl)c(Cl)c2)CCC3)n1. The van der Waals surface area contributed by atoms with E-state index in [0.717, 1.165) is 40.9 Å². The van der Waals surface area contributed by atoms with Crippen molar-refractivity contribution >= 4 is 68.8 Å². The second-order valence-electron chi connectivity index (χ2n) is 8.96. The number of thiazole rings is 1. The van der Waals surface area contributed by atoms with Gasteiger partial charge in [0, 0.05) is 16.5 Å². The number of rotatable bonds is 6. The van der Waals surface area contributed by atoms with E-state index in [9.17, 15) is 14.9 Å². The normalized spacial score (nSPS) is 14.6. The van der Waals surface area contributed by atoms with Gasteiger partial charge in [0.05, 0.1) is 32.9 Å². The molecule has 2 aromatic carbocycles. The first kappa shape index (κ1) is 26.1. The summed E-state index contributed by atoms with van der Waals surface area (Å²) in [4.78, 5) is 35.4. The number of nitriles is 1. The van der Waals surface area contributed by atoms with Crippen molar-refractivity contribution in [3.63, 3.8) is 0 Å². The van der Waals surface area contributed by atoms with E-state index < -0.39 is 24.3 Å². The van der Waals surface area contributed by atoms with E-state index in [4.69, 9.17) is 32.9 Å². The highest BCUT2D eigenvalue weighted by Gasteiger charge is 2.28. The Bertz CT molecular complexity index is 1650. The summed E-state index contributed by atoms with van der Waals surface area (Å²) in [7, 11) is 0. The van der Waals surface area contributed by atoms with Gasteiger partial charge in [0.1, 0.15) is 5.01 Å². The fourth-order valence-electron chi connectivity index (χ4n) is 4.57. The molecule has 0 unspecified atom stereocenters. The number of Topliss-reactive ketones (excluding diaryl/α,β-unsaturated/α-hetero) is 1. The van der Waals surface area contributed by atoms with E-state index in [2.05, 4.69) is 4.98 Å². The van der Waals surface area contributed by atoms with Gasteiger partial charge in [-0.1, -0.05) is 47.5 Å². The monoisotopic (exact) mass is 561 g/mol. The van der Waals surface area contributed by atoms with Crippen LogP contribution in [0.5, 0.6) is 0 Å². The largest absolute Gasteiger partial charge is 0.454 e. The lowest BCUT2D eigenvalue weighted by Gasteiger charge is -2.22. The molecule has 2 heterocycles. The van der Waals surface area contributed by atoms with Crippen LogP contribution in [0.3, 0.4) is 0 Å². The van der Waals surface area contributed by atoms with Gasteiger partial charge < -0.3 is 4.74 Å². The Labute approximate surface area is 233 Å². The number of benzene rings is 2. The van der Waals surface area contributed by atoms with Crippen LogP contribution in [0.1, 0.15) is 56.6 Å². The molecule has 0 amide bonds. The van der Waals surface area contributed by atoms with Gasteiger partial charge in [-0.05, 0) is 67.2 Å². The lowest BCUT2D eigenvalue weighted by atomic mass is 9.86. The number of esters is 1. The van der Waals surface area contributed by atoms with Crippen molar-refractivity contribution in [1.29, 1.82) is 5.26 Å². The number of fused-ring (bicyclic) bond motifs is 2. The van der Waals surface area contributed by atoms with Crippen molar-refractivity contribution in [1.82, 2.24) is 9.97 Å². The van der Waals surface area contributed by atoms with Gasteiger partial charge in [-0.25, -0.2) is 14.8 Å². The third-order valence-corrected chi connectivity index (χ3v) is 8.11. The highest BCUT2D eigenvalue weighted by Crippen LogP contribution is 2.37. The number of carbonyl (C=O) groups is 2. The lowest BCUT2D eigenvalue weighted by Crippen LogP contribution is -2.21. The molecule has 0 spiro atoms. The van der Waals surface area contributed by atoms with Gasteiger partial charge >= 0.3 is 5.97 Å². The molecule has 0 N–H and O–H groups in total. The Balaban J connectivity index is 1.50. The summed E-state index contributed by atoms with van der Waals surface area (Å²) in [6.45, 7) is 1.27. The molecular weight excluding hydrogens is 541 g/mol. The van der Waals surface area contributed by atoms with Crippen LogP contribution in [-0.4, -0.2) is 28.3 Å². The summed E-state index contributed by atoms with van der Waals surface area (Å²) >= 11 is 13.5. The fraction of sp³-hybridized carbons (Fsp3) is 0.207. The van der Waals surface area contributed by atoms with Crippen molar-refractivity contribution in [3.05, 3.63) is 91.0 Å². The van der Waals surface area contributed by atoms with Crippen LogP contribution in [-0.2, 0) is 16.0 Å². The maximum absolute atomic E-state index is 13.5. The Morgan fingerprint density at radius 1 is 1.16 bits per heavy atom. The summed E-state index contributed by atoms with van der Waals surface area (Å²) in [5.41, 5.74) is 5.15. The Morgan fingerprint density at radius 2 is 1.97 bits per heavy atom. The summed E-state index contributed by atoms with van der Waals surface area (Å²) < 4.78 is 5.52. The van der Waals surface area contributed by atoms with Crippen LogP contribution in [0.4, 0.5) is 0 Å². The van der Waals surface area contributed by atoms with Gasteiger partial charge in [0.25, 0.3) is 0 Å². The van der Waals surface area contributed by atoms with Crippen LogP contribution in [0.25, 0.3) is 22.6 Å². The number of hydrogen-bond acceptors (Lipinski definition) is 7. The van der Waals surface area contributed by atoms with Crippen molar-refractivity contribution in [2.45, 2.75) is 32.1 Å². The molecule has 1 aliphatic carbocycles. The summed E-state index contributed by atoms with van der Waals surface area (Å²) in [5.74, 6) is -2.20. The highest BCUT2D eigenvalue weighted by molar-refractivity contribution is 7.09. The first-order valence-electron chi connectivity index (χ1n) is 11.9. The van der Waals surface area contributed by atoms with Crippen LogP contribution >= 0.6 is 34.5 Å². The molecule has 1 atom stereocenters. The third kappa shape index (κ3) is 5.21. The molecule has 0 aliphatic heterocycles. The zero-order valence-electron chi connectivity index (χ0n) is 20.3. The van der Waals surface area contributed by atoms with Gasteiger partial charge in [-0.3, -0.25) is 4.79 Å². The number of ether oxygens (including phenoxy) is 1. The van der Waals surface area contributed by atoms with Crippen molar-refractivity contribution < 1.29 is 14.3 Å². The minimum atomic E-state index is -1.08. The van der Waals surface area contributed by atoms with Crippen molar-refractivity contribution in [2.24, 2.45) is 0 Å². The molecule has 1 aliphatic rings. The highest BCUT2D eigenvalue weighted by atomic mass is 35.5. The van der Waals surface area contributed by atoms with E-state index in [-0.39, 0.29) is 0 Å². The van der Waals surface area contributed by atoms with E-state index in [1.807, 2.05) is 42.5 Å². The van der Waals surface area contributed by atoms with E-state index in [0.29, 0.717) is 37.9 Å². The maximum Gasteiger partial charge on any atom is 0.339 e. The molecule has 9 heteroatoms. The second kappa shape index (κ2) is 11.0. The molecule has 2 aromatic heterocycles. The molecule has 38 heavy (non-hydrogen) atoms. The third-order valence-electron chi connectivity index (χ3n) is 6.34. The smallest absolute Gasteiger partial charge is 0.339 e. The van der Waals surface area contributed by atoms with Crippen LogP contribution in [0.2, 0.25) is 10.0 Å². The average Bonchev–Trinajstić information content (AvgIpc) is 3.34. The number of carbonyl (C=O) groups excluding carboxylic acids is 2. The Kier molecular flexibility index (Phi) is 7.57. The predicted molar refractivity (Wildman–Crippen MR) is 150 cm³/mol. The number of nitrogens with zero attached hydrogens (tertiary/aromatic N) is 3. The summed E-state index contributed by atoms with van der Waals surface area (Å²) in [6.07, 6.45) is 4.25. The number of pyridine rings is 1. The second-order valence-corrected chi connectivity index (χ2v) is 10.7. The number of hydrogen-bond donors (Lipinski definition) is 0. The minimum Gasteiger partial charge on any atom is -0.454 e. The fourth-order valence-corrected chi connectivity index (χ4v) is 5.74. The summed E-state index contributed by atoms with van der Waals surface area (Å²) in [6, 6.07) is 14.8. The number of aryl methyl sites for hydroxylation is 1. The molecule has 5 rings (SSSR count). The van der Waals surface area contributed by atoms with E-state index >= 15 is 0 Å². The molecule has 0 saturated carbocycles. The molecule has 4 aromatic rings. The number of allylic oxidation sites excluding steroid dienone is 1. The predicted octanol–water partition coefficient (Wildman–Crippen LogP) is 7.22. The minimum absolute atomic E-state index is 0.398. The molecular formula is C29H21Cl2N3O3S. The first-order chi connectivity index (χ1) is 18.4. The number of halogens is 2. The van der Waals surface area contributed by atoms with Gasteiger partial charge in [-0.15, -0.1) is 11.3 Å². The maximum atomic E-state index is 13.5. The average molecular weight is 562 g/mol. The van der Waals surface area contributed by atoms with Crippen molar-refractivity contribution in [3.8, 4) is 6.07 Å². The van der Waals surface area contributed by atoms with E-state index in [1.165, 1.54) is 11.3 Å². The quantitative estimate of drug-likeness (QED) is 0.231. The molecule has 6 nitrogen and oxygen atoms in total. The molecule has 0 bridgehead atoms. The van der Waals surface area contributed by atoms with Crippen LogP contribution < -0.4 is 0 Å². The standard InChI is InChI=1S/C29H21Cl2N3O3S/c1-16-15-38-28(33-16)21(13-32)25(35)14-37-29(36)26-19-6-2-3-8-24(19)34-27-18(5-4-7-20(26)27)11-17-9-10-22(30)23(31)12-17/h2-3,6,8-12,15,21H,4-5,7,14H2,1H3/b18-11-/t21-/m1/s1. The van der Waals surface area contributed by atoms with Crippen LogP contribution in [0.15, 0.2) is 47.8 Å². The van der Waals surface area contributed by atoms with Gasteiger partial charge in [0.15, 0.2) is 18.3 Å². The molecule has 190 valence electrons.